The average Bonchev–Trinajstić information content (AvgIpc) is 2.52. The van der Waals surface area contributed by atoms with Gasteiger partial charge in [-0.3, -0.25) is 0 Å². The van der Waals surface area contributed by atoms with E-state index in [-0.39, 0.29) is 5.82 Å². The van der Waals surface area contributed by atoms with Crippen molar-refractivity contribution in [3.63, 3.8) is 0 Å². The number of nitrogens with zero attached hydrogens (tertiary/aromatic N) is 1. The van der Waals surface area contributed by atoms with Crippen LogP contribution in [0.1, 0.15) is 24.0 Å². The van der Waals surface area contributed by atoms with Crippen LogP contribution in [0.25, 0.3) is 5.57 Å². The molecule has 101 valence electrons. The quantitative estimate of drug-likeness (QED) is 0.779. The Labute approximate surface area is 119 Å². The predicted octanol–water partition coefficient (Wildman–Crippen LogP) is 4.03. The first kappa shape index (κ1) is 13.1. The Morgan fingerprint density at radius 3 is 2.20 bits per heavy atom. The van der Waals surface area contributed by atoms with E-state index in [1.807, 2.05) is 30.3 Å². The number of benzene rings is 2. The van der Waals surface area contributed by atoms with Crippen molar-refractivity contribution in [1.29, 1.82) is 0 Å². The summed E-state index contributed by atoms with van der Waals surface area (Å²) in [4.78, 5) is 0. The predicted molar refractivity (Wildman–Crippen MR) is 80.0 cm³/mol. The molecule has 2 aromatic carbocycles. The SMILES string of the molecule is Fc1ccccc1C(=C1CC[N]CC1)c1ccccc1. The van der Waals surface area contributed by atoms with Crippen LogP contribution in [0.4, 0.5) is 4.39 Å². The van der Waals surface area contributed by atoms with Crippen molar-refractivity contribution in [1.82, 2.24) is 5.32 Å². The van der Waals surface area contributed by atoms with E-state index in [2.05, 4.69) is 17.4 Å². The van der Waals surface area contributed by atoms with Crippen molar-refractivity contribution in [3.8, 4) is 0 Å². The maximum absolute atomic E-state index is 14.2. The van der Waals surface area contributed by atoms with Gasteiger partial charge in [-0.2, -0.15) is 0 Å². The third kappa shape index (κ3) is 2.66. The Bertz CT molecular complexity index is 608. The molecule has 20 heavy (non-hydrogen) atoms. The van der Waals surface area contributed by atoms with E-state index in [9.17, 15) is 4.39 Å². The Hall–Kier alpha value is -1.93. The van der Waals surface area contributed by atoms with Gasteiger partial charge in [0.05, 0.1) is 0 Å². The van der Waals surface area contributed by atoms with Crippen LogP contribution in [0.2, 0.25) is 0 Å². The van der Waals surface area contributed by atoms with Crippen molar-refractivity contribution >= 4 is 5.57 Å². The number of halogens is 1. The van der Waals surface area contributed by atoms with Gasteiger partial charge in [0.25, 0.3) is 0 Å². The Balaban J connectivity index is 2.16. The minimum atomic E-state index is -0.152. The third-order valence-corrected chi connectivity index (χ3v) is 3.70. The maximum Gasteiger partial charge on any atom is 0.131 e. The first-order valence-corrected chi connectivity index (χ1v) is 7.02. The van der Waals surface area contributed by atoms with Crippen LogP contribution in [0.5, 0.6) is 0 Å². The fourth-order valence-corrected chi connectivity index (χ4v) is 2.73. The lowest BCUT2D eigenvalue weighted by Gasteiger charge is -2.20. The van der Waals surface area contributed by atoms with Crippen LogP contribution in [0.15, 0.2) is 60.2 Å². The standard InChI is InChI=1S/C18H17FN/c19-17-9-5-4-8-16(17)18(14-6-2-1-3-7-14)15-10-12-20-13-11-15/h1-9H,10-13H2. The zero-order chi connectivity index (χ0) is 13.8. The minimum Gasteiger partial charge on any atom is -0.241 e. The topological polar surface area (TPSA) is 14.1 Å². The van der Waals surface area contributed by atoms with E-state index in [0.717, 1.165) is 37.1 Å². The van der Waals surface area contributed by atoms with Gasteiger partial charge < -0.3 is 0 Å². The zero-order valence-electron chi connectivity index (χ0n) is 11.3. The molecule has 1 nitrogen and oxygen atoms in total. The molecule has 1 aliphatic rings. The molecule has 0 saturated carbocycles. The highest BCUT2D eigenvalue weighted by Gasteiger charge is 2.17. The van der Waals surface area contributed by atoms with Crippen molar-refractivity contribution in [2.75, 3.05) is 13.1 Å². The maximum atomic E-state index is 14.2. The van der Waals surface area contributed by atoms with Crippen LogP contribution < -0.4 is 5.32 Å². The summed E-state index contributed by atoms with van der Waals surface area (Å²) >= 11 is 0. The summed E-state index contributed by atoms with van der Waals surface area (Å²) < 4.78 is 14.2. The lowest BCUT2D eigenvalue weighted by molar-refractivity contribution is 0.597. The lowest BCUT2D eigenvalue weighted by Crippen LogP contribution is -2.17. The first-order valence-electron chi connectivity index (χ1n) is 7.02. The van der Waals surface area contributed by atoms with Crippen LogP contribution >= 0.6 is 0 Å². The first-order chi connectivity index (χ1) is 9.86. The highest BCUT2D eigenvalue weighted by Crippen LogP contribution is 2.32. The summed E-state index contributed by atoms with van der Waals surface area (Å²) in [5.41, 5.74) is 4.17. The molecule has 1 heterocycles. The second-order valence-electron chi connectivity index (χ2n) is 5.00. The molecule has 1 radical (unpaired) electrons. The highest BCUT2D eigenvalue weighted by atomic mass is 19.1. The van der Waals surface area contributed by atoms with Gasteiger partial charge in [0.2, 0.25) is 0 Å². The summed E-state index contributed by atoms with van der Waals surface area (Å²) in [5.74, 6) is -0.152. The summed E-state index contributed by atoms with van der Waals surface area (Å²) in [7, 11) is 0. The lowest BCUT2D eigenvalue weighted by atomic mass is 9.88. The average molecular weight is 266 g/mol. The molecule has 2 aromatic rings. The second kappa shape index (κ2) is 6.02. The number of hydrogen-bond donors (Lipinski definition) is 0. The molecular weight excluding hydrogens is 249 g/mol. The minimum absolute atomic E-state index is 0.152. The van der Waals surface area contributed by atoms with E-state index in [1.54, 1.807) is 6.07 Å². The Morgan fingerprint density at radius 1 is 0.850 bits per heavy atom. The molecule has 0 spiro atoms. The van der Waals surface area contributed by atoms with Crippen molar-refractivity contribution in [2.24, 2.45) is 0 Å². The van der Waals surface area contributed by atoms with Gasteiger partial charge in [-0.15, -0.1) is 0 Å². The van der Waals surface area contributed by atoms with Crippen LogP contribution in [-0.2, 0) is 0 Å². The van der Waals surface area contributed by atoms with E-state index < -0.39 is 0 Å². The van der Waals surface area contributed by atoms with Crippen LogP contribution in [-0.4, -0.2) is 13.1 Å². The van der Waals surface area contributed by atoms with Crippen LogP contribution in [0, 0.1) is 5.82 Å². The molecular formula is C18H17FN. The fraction of sp³-hybridized carbons (Fsp3) is 0.222. The van der Waals surface area contributed by atoms with Crippen molar-refractivity contribution in [3.05, 3.63) is 77.1 Å². The van der Waals surface area contributed by atoms with Gasteiger partial charge in [-0.1, -0.05) is 54.1 Å². The van der Waals surface area contributed by atoms with E-state index in [0.29, 0.717) is 5.56 Å². The molecule has 0 aromatic heterocycles. The summed E-state index contributed by atoms with van der Waals surface area (Å²) in [6.45, 7) is 1.69. The molecule has 0 bridgehead atoms. The summed E-state index contributed by atoms with van der Waals surface area (Å²) in [6, 6.07) is 17.2. The molecule has 0 aliphatic carbocycles. The fourth-order valence-electron chi connectivity index (χ4n) is 2.73. The summed E-state index contributed by atoms with van der Waals surface area (Å²) in [6.07, 6.45) is 1.86. The molecule has 0 N–H and O–H groups in total. The van der Waals surface area contributed by atoms with Gasteiger partial charge in [0, 0.05) is 18.7 Å². The molecule has 1 aliphatic heterocycles. The molecule has 1 saturated heterocycles. The second-order valence-corrected chi connectivity index (χ2v) is 5.00. The van der Waals surface area contributed by atoms with Crippen LogP contribution in [0.3, 0.4) is 0 Å². The molecule has 0 unspecified atom stereocenters. The van der Waals surface area contributed by atoms with Gasteiger partial charge in [0.1, 0.15) is 5.82 Å². The zero-order valence-corrected chi connectivity index (χ0v) is 11.3. The van der Waals surface area contributed by atoms with E-state index in [1.165, 1.54) is 11.6 Å². The molecule has 0 atom stereocenters. The van der Waals surface area contributed by atoms with Crippen molar-refractivity contribution < 1.29 is 4.39 Å². The highest BCUT2D eigenvalue weighted by molar-refractivity contribution is 5.82. The number of rotatable bonds is 2. The smallest absolute Gasteiger partial charge is 0.131 e. The van der Waals surface area contributed by atoms with Gasteiger partial charge in [0.15, 0.2) is 0 Å². The molecule has 2 heteroatoms. The van der Waals surface area contributed by atoms with E-state index >= 15 is 0 Å². The molecule has 3 rings (SSSR count). The molecule has 0 amide bonds. The number of piperidine rings is 1. The molecule has 1 fully saturated rings. The largest absolute Gasteiger partial charge is 0.241 e. The van der Waals surface area contributed by atoms with Gasteiger partial charge in [-0.25, -0.2) is 9.71 Å². The van der Waals surface area contributed by atoms with E-state index in [4.69, 9.17) is 0 Å². The Morgan fingerprint density at radius 2 is 1.50 bits per heavy atom. The van der Waals surface area contributed by atoms with Gasteiger partial charge in [-0.05, 0) is 30.0 Å². The number of hydrogen-bond acceptors (Lipinski definition) is 0. The normalized spacial score (nSPS) is 15.2. The Kier molecular flexibility index (Phi) is 3.93. The third-order valence-electron chi connectivity index (χ3n) is 3.70. The van der Waals surface area contributed by atoms with Crippen molar-refractivity contribution in [2.45, 2.75) is 12.8 Å². The monoisotopic (exact) mass is 266 g/mol. The summed E-state index contributed by atoms with van der Waals surface area (Å²) in [5, 5.41) is 4.39. The van der Waals surface area contributed by atoms with Gasteiger partial charge >= 0.3 is 0 Å².